The molecule has 25 heavy (non-hydrogen) atoms. The summed E-state index contributed by atoms with van der Waals surface area (Å²) in [5, 5.41) is 2.90. The first kappa shape index (κ1) is 18.9. The molecule has 8 heteroatoms. The summed E-state index contributed by atoms with van der Waals surface area (Å²) in [6.45, 7) is 1.38. The zero-order valence-corrected chi connectivity index (χ0v) is 14.5. The third-order valence-electron chi connectivity index (χ3n) is 3.02. The van der Waals surface area contributed by atoms with Crippen molar-refractivity contribution in [3.05, 3.63) is 64.0 Å². The van der Waals surface area contributed by atoms with Crippen LogP contribution in [0.25, 0.3) is 6.08 Å². The number of carbonyl (C=O) groups is 2. The number of halogens is 3. The number of nitrogens with one attached hydrogen (secondary N) is 1. The summed E-state index contributed by atoms with van der Waals surface area (Å²) < 4.78 is 18.4. The highest BCUT2D eigenvalue weighted by molar-refractivity contribution is 6.36. The molecule has 1 aromatic carbocycles. The Balaban J connectivity index is 1.94. The fraction of sp³-hybridized carbons (Fsp3) is 0.118. The van der Waals surface area contributed by atoms with Crippen LogP contribution < -0.4 is 5.32 Å². The minimum atomic E-state index is -1.11. The van der Waals surface area contributed by atoms with Crippen molar-refractivity contribution in [1.82, 2.24) is 4.98 Å². The lowest BCUT2D eigenvalue weighted by Crippen LogP contribution is -2.29. The fourth-order valence-electron chi connectivity index (χ4n) is 1.76. The van der Waals surface area contributed by atoms with E-state index in [-0.39, 0.29) is 16.4 Å². The molecule has 0 aliphatic heterocycles. The molecule has 0 unspecified atom stereocenters. The first-order valence-corrected chi connectivity index (χ1v) is 7.87. The molecule has 1 atom stereocenters. The van der Waals surface area contributed by atoms with Crippen LogP contribution in [0.5, 0.6) is 0 Å². The number of anilines is 1. The molecule has 1 N–H and O–H groups in total. The van der Waals surface area contributed by atoms with Crippen LogP contribution in [-0.4, -0.2) is 23.0 Å². The van der Waals surface area contributed by atoms with Crippen LogP contribution in [0.3, 0.4) is 0 Å². The van der Waals surface area contributed by atoms with Crippen molar-refractivity contribution in [2.45, 2.75) is 13.0 Å². The molecule has 0 saturated carbocycles. The highest BCUT2D eigenvalue weighted by atomic mass is 35.5. The summed E-state index contributed by atoms with van der Waals surface area (Å²) in [6.07, 6.45) is 2.51. The van der Waals surface area contributed by atoms with Crippen LogP contribution >= 0.6 is 23.2 Å². The zero-order chi connectivity index (χ0) is 18.4. The Labute approximate surface area is 153 Å². The summed E-state index contributed by atoms with van der Waals surface area (Å²) in [4.78, 5) is 27.6. The lowest BCUT2D eigenvalue weighted by Gasteiger charge is -2.12. The van der Waals surface area contributed by atoms with E-state index < -0.39 is 23.8 Å². The summed E-state index contributed by atoms with van der Waals surface area (Å²) in [5.74, 6) is -1.79. The number of hydrogen-bond acceptors (Lipinski definition) is 4. The smallest absolute Gasteiger partial charge is 0.331 e. The van der Waals surface area contributed by atoms with Gasteiger partial charge in [0.25, 0.3) is 5.91 Å². The number of amides is 1. The van der Waals surface area contributed by atoms with Crippen molar-refractivity contribution in [2.24, 2.45) is 0 Å². The van der Waals surface area contributed by atoms with Crippen LogP contribution in [-0.2, 0) is 14.3 Å². The molecule has 0 bridgehead atoms. The van der Waals surface area contributed by atoms with E-state index in [1.807, 2.05) is 0 Å². The quantitative estimate of drug-likeness (QED) is 0.623. The normalized spacial score (nSPS) is 12.0. The van der Waals surface area contributed by atoms with Gasteiger partial charge in [0.2, 0.25) is 0 Å². The summed E-state index contributed by atoms with van der Waals surface area (Å²) in [6, 6.07) is 7.35. The maximum absolute atomic E-state index is 13.4. The van der Waals surface area contributed by atoms with Crippen LogP contribution in [0.2, 0.25) is 10.0 Å². The molecule has 2 rings (SSSR count). The van der Waals surface area contributed by atoms with E-state index in [9.17, 15) is 14.0 Å². The van der Waals surface area contributed by atoms with Gasteiger partial charge in [0.05, 0.1) is 10.0 Å². The van der Waals surface area contributed by atoms with Gasteiger partial charge < -0.3 is 10.1 Å². The van der Waals surface area contributed by atoms with Crippen molar-refractivity contribution >= 4 is 47.0 Å². The Morgan fingerprint density at radius 1 is 1.32 bits per heavy atom. The Kier molecular flexibility index (Phi) is 6.50. The number of rotatable bonds is 5. The van der Waals surface area contributed by atoms with Crippen LogP contribution in [0.4, 0.5) is 10.2 Å². The number of pyridine rings is 1. The molecule has 1 heterocycles. The molecule has 130 valence electrons. The SMILES string of the molecule is C[C@H](OC(=O)/C=C/c1ccccc1F)C(=O)Nc1ncc(Cl)cc1Cl. The summed E-state index contributed by atoms with van der Waals surface area (Å²) >= 11 is 11.6. The molecule has 0 aliphatic rings. The lowest BCUT2D eigenvalue weighted by atomic mass is 10.2. The minimum Gasteiger partial charge on any atom is -0.449 e. The van der Waals surface area contributed by atoms with Gasteiger partial charge in [0.15, 0.2) is 11.9 Å². The molecule has 1 aromatic heterocycles. The number of esters is 1. The average Bonchev–Trinajstić information content (AvgIpc) is 2.56. The van der Waals surface area contributed by atoms with E-state index in [1.54, 1.807) is 6.07 Å². The molecular formula is C17H13Cl2FN2O3. The predicted molar refractivity (Wildman–Crippen MR) is 93.9 cm³/mol. The van der Waals surface area contributed by atoms with Gasteiger partial charge in [-0.3, -0.25) is 4.79 Å². The van der Waals surface area contributed by atoms with Gasteiger partial charge in [0, 0.05) is 17.8 Å². The summed E-state index contributed by atoms with van der Waals surface area (Å²) in [5.41, 5.74) is 0.230. The Bertz CT molecular complexity index is 827. The Morgan fingerprint density at radius 3 is 2.72 bits per heavy atom. The van der Waals surface area contributed by atoms with Gasteiger partial charge in [-0.1, -0.05) is 41.4 Å². The second-order valence-electron chi connectivity index (χ2n) is 4.91. The molecule has 5 nitrogen and oxygen atoms in total. The van der Waals surface area contributed by atoms with Crippen molar-refractivity contribution < 1.29 is 18.7 Å². The van der Waals surface area contributed by atoms with Crippen molar-refractivity contribution in [3.63, 3.8) is 0 Å². The molecular weight excluding hydrogens is 370 g/mol. The van der Waals surface area contributed by atoms with Gasteiger partial charge >= 0.3 is 5.97 Å². The average molecular weight is 383 g/mol. The van der Waals surface area contributed by atoms with Crippen molar-refractivity contribution in [1.29, 1.82) is 0 Å². The largest absolute Gasteiger partial charge is 0.449 e. The van der Waals surface area contributed by atoms with E-state index in [1.165, 1.54) is 43.5 Å². The third kappa shape index (κ3) is 5.55. The fourth-order valence-corrected chi connectivity index (χ4v) is 2.19. The monoisotopic (exact) mass is 382 g/mol. The third-order valence-corrected chi connectivity index (χ3v) is 3.51. The number of nitrogens with zero attached hydrogens (tertiary/aromatic N) is 1. The number of benzene rings is 1. The van der Waals surface area contributed by atoms with E-state index in [0.29, 0.717) is 5.02 Å². The lowest BCUT2D eigenvalue weighted by molar-refractivity contribution is -0.148. The van der Waals surface area contributed by atoms with Gasteiger partial charge in [-0.05, 0) is 25.1 Å². The van der Waals surface area contributed by atoms with Gasteiger partial charge in [-0.15, -0.1) is 0 Å². The van der Waals surface area contributed by atoms with E-state index >= 15 is 0 Å². The second-order valence-corrected chi connectivity index (χ2v) is 5.75. The standard InChI is InChI=1S/C17H13Cl2FN2O3/c1-10(17(24)22-16-13(19)8-12(18)9-21-16)25-15(23)7-6-11-4-2-3-5-14(11)20/h2-10H,1H3,(H,21,22,24)/b7-6+/t10-/m0/s1. The van der Waals surface area contributed by atoms with Gasteiger partial charge in [-0.2, -0.15) is 0 Å². The predicted octanol–water partition coefficient (Wildman–Crippen LogP) is 4.11. The zero-order valence-electron chi connectivity index (χ0n) is 13.0. The van der Waals surface area contributed by atoms with E-state index in [0.717, 1.165) is 6.08 Å². The molecule has 0 fully saturated rings. The molecule has 0 spiro atoms. The first-order valence-electron chi connectivity index (χ1n) is 7.12. The number of carbonyl (C=O) groups excluding carboxylic acids is 2. The Morgan fingerprint density at radius 2 is 2.04 bits per heavy atom. The van der Waals surface area contributed by atoms with Gasteiger partial charge in [-0.25, -0.2) is 14.2 Å². The highest BCUT2D eigenvalue weighted by Crippen LogP contribution is 2.22. The topological polar surface area (TPSA) is 68.3 Å². The van der Waals surface area contributed by atoms with Crippen LogP contribution in [0, 0.1) is 5.82 Å². The number of hydrogen-bond donors (Lipinski definition) is 1. The van der Waals surface area contributed by atoms with Gasteiger partial charge in [0.1, 0.15) is 5.82 Å². The number of aromatic nitrogens is 1. The van der Waals surface area contributed by atoms with Crippen LogP contribution in [0.15, 0.2) is 42.6 Å². The minimum absolute atomic E-state index is 0.0980. The first-order chi connectivity index (χ1) is 11.9. The molecule has 0 radical (unpaired) electrons. The second kappa shape index (κ2) is 8.60. The maximum atomic E-state index is 13.4. The Hall–Kier alpha value is -2.44. The maximum Gasteiger partial charge on any atom is 0.331 e. The molecule has 0 aliphatic carbocycles. The van der Waals surface area contributed by atoms with E-state index in [4.69, 9.17) is 27.9 Å². The highest BCUT2D eigenvalue weighted by Gasteiger charge is 2.18. The van der Waals surface area contributed by atoms with Crippen molar-refractivity contribution in [3.8, 4) is 0 Å². The molecule has 0 saturated heterocycles. The molecule has 2 aromatic rings. The molecule has 1 amide bonds. The number of ether oxygens (including phenoxy) is 1. The summed E-state index contributed by atoms with van der Waals surface area (Å²) in [7, 11) is 0. The van der Waals surface area contributed by atoms with Crippen LogP contribution in [0.1, 0.15) is 12.5 Å². The van der Waals surface area contributed by atoms with E-state index in [2.05, 4.69) is 10.3 Å². The van der Waals surface area contributed by atoms with Crippen molar-refractivity contribution in [2.75, 3.05) is 5.32 Å².